The second-order valence-electron chi connectivity index (χ2n) is 9.32. The second-order valence-corrected chi connectivity index (χ2v) is 9.75. The van der Waals surface area contributed by atoms with Gasteiger partial charge in [0.2, 0.25) is 0 Å². The molecule has 0 unspecified atom stereocenters. The topological polar surface area (TPSA) is 82.1 Å². The Hall–Kier alpha value is -3.61. The van der Waals surface area contributed by atoms with Crippen molar-refractivity contribution in [2.75, 3.05) is 6.61 Å². The highest BCUT2D eigenvalue weighted by atomic mass is 35.5. The number of rotatable bonds is 8. The number of aliphatic hydroxyl groups excluding tert-OH is 1. The van der Waals surface area contributed by atoms with Crippen LogP contribution in [-0.4, -0.2) is 42.0 Å². The number of benzene rings is 3. The third-order valence-electron chi connectivity index (χ3n) is 6.81. The SMILES string of the molecule is O=C1C[C@H]2[C@@H](/C=C/[C@H](O)COc3cccc(Cl)c3)[C@@H](OC(=O)c3ccc(-c4ccccc4)cc3)C[C@@H]2O1. The molecule has 2 fully saturated rings. The molecule has 0 radical (unpaired) electrons. The number of carbonyl (C=O) groups excluding carboxylic acids is 2. The van der Waals surface area contributed by atoms with Gasteiger partial charge < -0.3 is 19.3 Å². The van der Waals surface area contributed by atoms with E-state index in [1.54, 1.807) is 42.5 Å². The molecule has 0 bridgehead atoms. The first-order chi connectivity index (χ1) is 18.0. The van der Waals surface area contributed by atoms with E-state index in [4.69, 9.17) is 25.8 Å². The first-order valence-electron chi connectivity index (χ1n) is 12.3. The van der Waals surface area contributed by atoms with Gasteiger partial charge in [-0.05, 0) is 41.5 Å². The van der Waals surface area contributed by atoms with Crippen molar-refractivity contribution in [3.8, 4) is 16.9 Å². The lowest BCUT2D eigenvalue weighted by Gasteiger charge is -2.20. The molecule has 2 aliphatic rings. The Morgan fingerprint density at radius 1 is 1.05 bits per heavy atom. The number of fused-ring (bicyclic) bond motifs is 1. The largest absolute Gasteiger partial charge is 0.491 e. The predicted octanol–water partition coefficient (Wildman–Crippen LogP) is 5.48. The van der Waals surface area contributed by atoms with Gasteiger partial charge in [0.1, 0.15) is 30.7 Å². The van der Waals surface area contributed by atoms with Crippen LogP contribution >= 0.6 is 11.6 Å². The van der Waals surface area contributed by atoms with Crippen molar-refractivity contribution >= 4 is 23.5 Å². The standard InChI is InChI=1S/C30H27ClO6/c31-22-7-4-8-24(15-22)35-18-23(32)13-14-25-26-16-29(33)36-28(26)17-27(25)37-30(34)21-11-9-20(10-12-21)19-5-2-1-3-6-19/h1-15,23,25-28,32H,16-18H2/b14-13+/t23-,25+,26-,27-,28-/m0/s1. The molecule has 5 rings (SSSR count). The highest BCUT2D eigenvalue weighted by molar-refractivity contribution is 6.30. The van der Waals surface area contributed by atoms with Crippen molar-refractivity contribution in [1.82, 2.24) is 0 Å². The lowest BCUT2D eigenvalue weighted by Crippen LogP contribution is -2.25. The Balaban J connectivity index is 1.24. The van der Waals surface area contributed by atoms with Crippen LogP contribution in [0.5, 0.6) is 5.75 Å². The summed E-state index contributed by atoms with van der Waals surface area (Å²) in [5, 5.41) is 11.0. The number of esters is 2. The minimum Gasteiger partial charge on any atom is -0.491 e. The smallest absolute Gasteiger partial charge is 0.338 e. The third kappa shape index (κ3) is 6.04. The molecule has 5 atom stereocenters. The van der Waals surface area contributed by atoms with E-state index in [0.29, 0.717) is 22.8 Å². The molecule has 1 N–H and O–H groups in total. The lowest BCUT2D eigenvalue weighted by molar-refractivity contribution is -0.141. The summed E-state index contributed by atoms with van der Waals surface area (Å²) in [6, 6.07) is 24.1. The summed E-state index contributed by atoms with van der Waals surface area (Å²) < 4.78 is 17.0. The van der Waals surface area contributed by atoms with Gasteiger partial charge in [0, 0.05) is 23.3 Å². The highest BCUT2D eigenvalue weighted by Crippen LogP contribution is 2.43. The van der Waals surface area contributed by atoms with Gasteiger partial charge >= 0.3 is 11.9 Å². The molecule has 6 nitrogen and oxygen atoms in total. The van der Waals surface area contributed by atoms with Crippen molar-refractivity contribution < 1.29 is 28.9 Å². The molecule has 3 aromatic carbocycles. The van der Waals surface area contributed by atoms with E-state index in [1.807, 2.05) is 48.5 Å². The maximum Gasteiger partial charge on any atom is 0.338 e. The first-order valence-corrected chi connectivity index (χ1v) is 12.6. The van der Waals surface area contributed by atoms with E-state index in [0.717, 1.165) is 11.1 Å². The van der Waals surface area contributed by atoms with E-state index in [9.17, 15) is 14.7 Å². The van der Waals surface area contributed by atoms with Crippen molar-refractivity contribution in [2.45, 2.75) is 31.2 Å². The second kappa shape index (κ2) is 11.2. The van der Waals surface area contributed by atoms with Gasteiger partial charge in [-0.2, -0.15) is 0 Å². The van der Waals surface area contributed by atoms with Gasteiger partial charge in [-0.1, -0.05) is 72.3 Å². The van der Waals surface area contributed by atoms with Crippen LogP contribution < -0.4 is 4.74 Å². The molecule has 1 aliphatic carbocycles. The maximum absolute atomic E-state index is 13.0. The highest BCUT2D eigenvalue weighted by Gasteiger charge is 2.50. The fraction of sp³-hybridized carbons (Fsp3) is 0.267. The number of aliphatic hydroxyl groups is 1. The Kier molecular flexibility index (Phi) is 7.58. The molecule has 0 spiro atoms. The fourth-order valence-corrected chi connectivity index (χ4v) is 5.16. The average molecular weight is 519 g/mol. The molecular formula is C30H27ClO6. The Morgan fingerprint density at radius 3 is 2.57 bits per heavy atom. The summed E-state index contributed by atoms with van der Waals surface area (Å²) in [4.78, 5) is 24.9. The fourth-order valence-electron chi connectivity index (χ4n) is 4.98. The van der Waals surface area contributed by atoms with Gasteiger partial charge in [-0.3, -0.25) is 4.79 Å². The van der Waals surface area contributed by atoms with Gasteiger partial charge in [0.05, 0.1) is 12.0 Å². The summed E-state index contributed by atoms with van der Waals surface area (Å²) in [5.41, 5.74) is 2.52. The Labute approximate surface area is 220 Å². The molecule has 1 aliphatic heterocycles. The normalized spacial score (nSPS) is 23.5. The van der Waals surface area contributed by atoms with E-state index < -0.39 is 18.2 Å². The van der Waals surface area contributed by atoms with E-state index >= 15 is 0 Å². The predicted molar refractivity (Wildman–Crippen MR) is 139 cm³/mol. The van der Waals surface area contributed by atoms with Crippen molar-refractivity contribution in [3.63, 3.8) is 0 Å². The van der Waals surface area contributed by atoms with Gasteiger partial charge in [-0.15, -0.1) is 0 Å². The molecule has 3 aromatic rings. The quantitative estimate of drug-likeness (QED) is 0.314. The van der Waals surface area contributed by atoms with Crippen molar-refractivity contribution in [3.05, 3.63) is 102 Å². The van der Waals surface area contributed by atoms with E-state index in [1.165, 1.54) is 0 Å². The van der Waals surface area contributed by atoms with Crippen LogP contribution in [0.4, 0.5) is 0 Å². The van der Waals surface area contributed by atoms with Gasteiger partial charge in [0.15, 0.2) is 0 Å². The summed E-state index contributed by atoms with van der Waals surface area (Å²) in [7, 11) is 0. The summed E-state index contributed by atoms with van der Waals surface area (Å²) in [6.45, 7) is 0.0330. The maximum atomic E-state index is 13.0. The van der Waals surface area contributed by atoms with Crippen LogP contribution in [0.1, 0.15) is 23.2 Å². The number of ether oxygens (including phenoxy) is 3. The van der Waals surface area contributed by atoms with Crippen LogP contribution in [0.25, 0.3) is 11.1 Å². The summed E-state index contributed by atoms with van der Waals surface area (Å²) in [6.07, 6.45) is 2.45. The van der Waals surface area contributed by atoms with E-state index in [-0.39, 0.29) is 36.9 Å². The zero-order chi connectivity index (χ0) is 25.8. The first kappa shape index (κ1) is 25.1. The van der Waals surface area contributed by atoms with Crippen LogP contribution in [-0.2, 0) is 14.3 Å². The minimum atomic E-state index is -0.891. The monoisotopic (exact) mass is 518 g/mol. The zero-order valence-electron chi connectivity index (χ0n) is 20.0. The molecule has 1 saturated carbocycles. The van der Waals surface area contributed by atoms with Crippen LogP contribution in [0.3, 0.4) is 0 Å². The summed E-state index contributed by atoms with van der Waals surface area (Å²) >= 11 is 5.97. The average Bonchev–Trinajstić information content (AvgIpc) is 3.42. The van der Waals surface area contributed by atoms with Crippen molar-refractivity contribution in [2.24, 2.45) is 11.8 Å². The van der Waals surface area contributed by atoms with Crippen LogP contribution in [0.15, 0.2) is 91.0 Å². The number of hydrogen-bond acceptors (Lipinski definition) is 6. The molecule has 1 heterocycles. The summed E-state index contributed by atoms with van der Waals surface area (Å²) in [5.74, 6) is -0.493. The van der Waals surface area contributed by atoms with Gasteiger partial charge in [-0.25, -0.2) is 4.79 Å². The molecule has 7 heteroatoms. The molecule has 190 valence electrons. The molecule has 37 heavy (non-hydrogen) atoms. The van der Waals surface area contributed by atoms with Gasteiger partial charge in [0.25, 0.3) is 0 Å². The number of hydrogen-bond donors (Lipinski definition) is 1. The third-order valence-corrected chi connectivity index (χ3v) is 7.04. The zero-order valence-corrected chi connectivity index (χ0v) is 20.8. The Morgan fingerprint density at radius 2 is 1.81 bits per heavy atom. The lowest BCUT2D eigenvalue weighted by atomic mass is 9.91. The van der Waals surface area contributed by atoms with E-state index in [2.05, 4.69) is 0 Å². The van der Waals surface area contributed by atoms with Crippen molar-refractivity contribution in [1.29, 1.82) is 0 Å². The molecular weight excluding hydrogens is 492 g/mol. The van der Waals surface area contributed by atoms with Crippen LogP contribution in [0.2, 0.25) is 5.02 Å². The molecule has 0 aromatic heterocycles. The minimum absolute atomic E-state index is 0.0330. The molecule has 0 amide bonds. The van der Waals surface area contributed by atoms with Crippen LogP contribution in [0, 0.1) is 11.8 Å². The number of halogens is 1. The number of carbonyl (C=O) groups is 2. The Bertz CT molecular complexity index is 1270. The molecule has 1 saturated heterocycles.